The van der Waals surface area contributed by atoms with E-state index in [1.165, 1.54) is 32.4 Å². The number of anilines is 2. The predicted octanol–water partition coefficient (Wildman–Crippen LogP) is 4.52. The summed E-state index contributed by atoms with van der Waals surface area (Å²) in [6.45, 7) is 10.3. The standard InChI is InChI=1S/C31H42N6O4/c1-23(2)41-26-9-7-25(8-10-26)34-31(39)37-16-14-36(15-17-37)30-27-19-24(21-38)29(20-28(27)32-22-33-30)40-18-6-13-35-11-4-3-5-12-35/h7-10,19-20,22-23,38H,3-6,11-18,21H2,1-2H3,(H,34,39). The molecule has 3 aromatic rings. The number of aromatic nitrogens is 2. The van der Waals surface area contributed by atoms with E-state index in [1.807, 2.05) is 55.1 Å². The Kier molecular flexibility index (Phi) is 9.74. The van der Waals surface area contributed by atoms with Gasteiger partial charge in [-0.3, -0.25) is 0 Å². The quantitative estimate of drug-likeness (QED) is 0.348. The number of benzene rings is 2. The minimum Gasteiger partial charge on any atom is -0.493 e. The Labute approximate surface area is 242 Å². The fourth-order valence-corrected chi connectivity index (χ4v) is 5.49. The monoisotopic (exact) mass is 562 g/mol. The Morgan fingerprint density at radius 3 is 2.46 bits per heavy atom. The molecule has 0 radical (unpaired) electrons. The number of amides is 2. The summed E-state index contributed by atoms with van der Waals surface area (Å²) in [5, 5.41) is 14.0. The van der Waals surface area contributed by atoms with Gasteiger partial charge in [-0.2, -0.15) is 0 Å². The first-order valence-corrected chi connectivity index (χ1v) is 14.8. The summed E-state index contributed by atoms with van der Waals surface area (Å²) < 4.78 is 11.8. The molecule has 2 aliphatic heterocycles. The lowest BCUT2D eigenvalue weighted by Gasteiger charge is -2.35. The zero-order valence-corrected chi connectivity index (χ0v) is 24.2. The third-order valence-electron chi connectivity index (χ3n) is 7.64. The Balaban J connectivity index is 1.18. The number of likely N-dealkylation sites (tertiary alicyclic amines) is 1. The van der Waals surface area contributed by atoms with Crippen molar-refractivity contribution in [2.75, 3.05) is 62.6 Å². The Hall–Kier alpha value is -3.63. The van der Waals surface area contributed by atoms with Gasteiger partial charge in [-0.15, -0.1) is 0 Å². The average molecular weight is 563 g/mol. The van der Waals surface area contributed by atoms with E-state index in [0.717, 1.165) is 46.7 Å². The molecule has 1 aromatic heterocycles. The number of rotatable bonds is 10. The second kappa shape index (κ2) is 13.8. The Bertz CT molecular complexity index is 1290. The third kappa shape index (κ3) is 7.56. The molecule has 10 heteroatoms. The van der Waals surface area contributed by atoms with Gasteiger partial charge in [0.15, 0.2) is 0 Å². The van der Waals surface area contributed by atoms with Gasteiger partial charge >= 0.3 is 6.03 Å². The molecule has 0 aliphatic carbocycles. The number of nitrogens with one attached hydrogen (secondary N) is 1. The van der Waals surface area contributed by atoms with Gasteiger partial charge < -0.3 is 34.6 Å². The fourth-order valence-electron chi connectivity index (χ4n) is 5.49. The van der Waals surface area contributed by atoms with Crippen LogP contribution >= 0.6 is 0 Å². The van der Waals surface area contributed by atoms with Gasteiger partial charge in [0.25, 0.3) is 0 Å². The molecule has 220 valence electrons. The van der Waals surface area contributed by atoms with Crippen molar-refractivity contribution in [3.63, 3.8) is 0 Å². The maximum Gasteiger partial charge on any atom is 0.321 e. The molecule has 0 spiro atoms. The average Bonchev–Trinajstić information content (AvgIpc) is 3.00. The first-order chi connectivity index (χ1) is 20.0. The van der Waals surface area contributed by atoms with Crippen LogP contribution in [0, 0.1) is 0 Å². The molecule has 2 fully saturated rings. The summed E-state index contributed by atoms with van der Waals surface area (Å²) in [7, 11) is 0. The number of aliphatic hydroxyl groups excluding tert-OH is 1. The zero-order valence-electron chi connectivity index (χ0n) is 24.2. The summed E-state index contributed by atoms with van der Waals surface area (Å²) in [6, 6.07) is 11.2. The smallest absolute Gasteiger partial charge is 0.321 e. The Morgan fingerprint density at radius 1 is 1.00 bits per heavy atom. The summed E-state index contributed by atoms with van der Waals surface area (Å²) >= 11 is 0. The lowest BCUT2D eigenvalue weighted by atomic mass is 10.1. The van der Waals surface area contributed by atoms with Crippen LogP contribution < -0.4 is 19.7 Å². The molecular formula is C31H42N6O4. The van der Waals surface area contributed by atoms with Crippen LogP contribution in [0.1, 0.15) is 45.1 Å². The van der Waals surface area contributed by atoms with Crippen LogP contribution in [-0.4, -0.2) is 89.4 Å². The van der Waals surface area contributed by atoms with Gasteiger partial charge in [0.05, 0.1) is 24.8 Å². The van der Waals surface area contributed by atoms with E-state index >= 15 is 0 Å². The lowest BCUT2D eigenvalue weighted by Crippen LogP contribution is -2.50. The number of hydrogen-bond acceptors (Lipinski definition) is 8. The van der Waals surface area contributed by atoms with Gasteiger partial charge in [0.1, 0.15) is 23.6 Å². The molecule has 2 saturated heterocycles. The highest BCUT2D eigenvalue weighted by Crippen LogP contribution is 2.31. The molecule has 0 bridgehead atoms. The summed E-state index contributed by atoms with van der Waals surface area (Å²) in [6.07, 6.45) is 6.53. The largest absolute Gasteiger partial charge is 0.493 e. The number of ether oxygens (including phenoxy) is 2. The van der Waals surface area contributed by atoms with Gasteiger partial charge in [0, 0.05) is 55.4 Å². The van der Waals surface area contributed by atoms with E-state index in [9.17, 15) is 9.90 Å². The SMILES string of the molecule is CC(C)Oc1ccc(NC(=O)N2CCN(c3ncnc4cc(OCCCN5CCCCC5)c(CO)cc34)CC2)cc1. The molecular weight excluding hydrogens is 520 g/mol. The van der Waals surface area contributed by atoms with Crippen molar-refractivity contribution in [3.8, 4) is 11.5 Å². The van der Waals surface area contributed by atoms with Crippen molar-refractivity contribution in [2.45, 2.75) is 52.2 Å². The highest BCUT2D eigenvalue weighted by molar-refractivity contribution is 5.92. The zero-order chi connectivity index (χ0) is 28.6. The minimum absolute atomic E-state index is 0.101. The molecule has 2 aromatic carbocycles. The van der Waals surface area contributed by atoms with Gasteiger partial charge in [0.2, 0.25) is 0 Å². The molecule has 0 saturated carbocycles. The van der Waals surface area contributed by atoms with E-state index < -0.39 is 0 Å². The minimum atomic E-state index is -0.126. The van der Waals surface area contributed by atoms with E-state index in [0.29, 0.717) is 38.5 Å². The van der Waals surface area contributed by atoms with Crippen molar-refractivity contribution in [1.29, 1.82) is 0 Å². The highest BCUT2D eigenvalue weighted by Gasteiger charge is 2.24. The Morgan fingerprint density at radius 2 is 1.76 bits per heavy atom. The number of urea groups is 1. The summed E-state index contributed by atoms with van der Waals surface area (Å²) in [4.78, 5) is 28.5. The van der Waals surface area contributed by atoms with Crippen LogP contribution in [0.3, 0.4) is 0 Å². The van der Waals surface area contributed by atoms with E-state index in [-0.39, 0.29) is 18.7 Å². The topological polar surface area (TPSA) is 103 Å². The number of fused-ring (bicyclic) bond motifs is 1. The fraction of sp³-hybridized carbons (Fsp3) is 0.516. The number of piperazine rings is 1. The highest BCUT2D eigenvalue weighted by atomic mass is 16.5. The van der Waals surface area contributed by atoms with Crippen LogP contribution in [0.4, 0.5) is 16.3 Å². The van der Waals surface area contributed by atoms with Crippen molar-refractivity contribution < 1.29 is 19.4 Å². The van der Waals surface area contributed by atoms with Crippen LogP contribution in [0.2, 0.25) is 0 Å². The molecule has 5 rings (SSSR count). The van der Waals surface area contributed by atoms with Crippen molar-refractivity contribution in [1.82, 2.24) is 19.8 Å². The summed E-state index contributed by atoms with van der Waals surface area (Å²) in [5.41, 5.74) is 2.24. The molecule has 2 amide bonds. The van der Waals surface area contributed by atoms with E-state index in [2.05, 4.69) is 25.1 Å². The van der Waals surface area contributed by atoms with Crippen LogP contribution in [0.15, 0.2) is 42.7 Å². The number of nitrogens with zero attached hydrogens (tertiary/aromatic N) is 5. The number of carbonyl (C=O) groups excluding carboxylic acids is 1. The van der Waals surface area contributed by atoms with Crippen molar-refractivity contribution in [3.05, 3.63) is 48.3 Å². The molecule has 3 heterocycles. The van der Waals surface area contributed by atoms with E-state index in [4.69, 9.17) is 9.47 Å². The van der Waals surface area contributed by atoms with Gasteiger partial charge in [-0.25, -0.2) is 14.8 Å². The summed E-state index contributed by atoms with van der Waals surface area (Å²) in [5.74, 6) is 2.26. The molecule has 0 unspecified atom stereocenters. The van der Waals surface area contributed by atoms with Crippen molar-refractivity contribution in [2.24, 2.45) is 0 Å². The van der Waals surface area contributed by atoms with Crippen molar-refractivity contribution >= 4 is 28.4 Å². The molecule has 0 atom stereocenters. The van der Waals surface area contributed by atoms with Crippen LogP contribution in [0.5, 0.6) is 11.5 Å². The number of aliphatic hydroxyl groups is 1. The lowest BCUT2D eigenvalue weighted by molar-refractivity contribution is 0.202. The first kappa shape index (κ1) is 28.9. The van der Waals surface area contributed by atoms with Crippen LogP contribution in [0.25, 0.3) is 10.9 Å². The van der Waals surface area contributed by atoms with Gasteiger partial charge in [-0.1, -0.05) is 6.42 Å². The number of carbonyl (C=O) groups is 1. The van der Waals surface area contributed by atoms with Gasteiger partial charge in [-0.05, 0) is 76.5 Å². The normalized spacial score (nSPS) is 16.3. The number of hydrogen-bond donors (Lipinski definition) is 2. The first-order valence-electron chi connectivity index (χ1n) is 14.8. The molecule has 2 aliphatic rings. The molecule has 2 N–H and O–H groups in total. The predicted molar refractivity (Wildman–Crippen MR) is 161 cm³/mol. The molecule has 41 heavy (non-hydrogen) atoms. The van der Waals surface area contributed by atoms with Crippen LogP contribution in [-0.2, 0) is 6.61 Å². The maximum absolute atomic E-state index is 12.9. The van der Waals surface area contributed by atoms with E-state index in [1.54, 1.807) is 6.33 Å². The molecule has 10 nitrogen and oxygen atoms in total. The number of piperidine rings is 1. The second-order valence-corrected chi connectivity index (χ2v) is 11.0. The maximum atomic E-state index is 12.9. The third-order valence-corrected chi connectivity index (χ3v) is 7.64. The second-order valence-electron chi connectivity index (χ2n) is 11.0.